The standard InChI is InChI=1S/C13H24N4O2S/c1-11(2)14-7-4-8-17-10-13(9-15-17)20(18,19)16(3)12-5-6-12/h9-12,14H,4-8H2,1-3H3. The molecule has 6 nitrogen and oxygen atoms in total. The summed E-state index contributed by atoms with van der Waals surface area (Å²) in [6.07, 6.45) is 5.93. The van der Waals surface area contributed by atoms with E-state index in [-0.39, 0.29) is 6.04 Å². The minimum atomic E-state index is -3.36. The Morgan fingerprint density at radius 3 is 2.80 bits per heavy atom. The molecule has 0 spiro atoms. The van der Waals surface area contributed by atoms with Crippen LogP contribution in [0.4, 0.5) is 0 Å². The predicted octanol–water partition coefficient (Wildman–Crippen LogP) is 1.05. The monoisotopic (exact) mass is 300 g/mol. The van der Waals surface area contributed by atoms with Crippen molar-refractivity contribution in [3.8, 4) is 0 Å². The highest BCUT2D eigenvalue weighted by Crippen LogP contribution is 2.30. The van der Waals surface area contributed by atoms with Crippen molar-refractivity contribution >= 4 is 10.0 Å². The number of sulfonamides is 1. The summed E-state index contributed by atoms with van der Waals surface area (Å²) in [5, 5.41) is 7.47. The lowest BCUT2D eigenvalue weighted by molar-refractivity contribution is 0.464. The van der Waals surface area contributed by atoms with Crippen LogP contribution in [0, 0.1) is 0 Å². The van der Waals surface area contributed by atoms with Gasteiger partial charge in [0.05, 0.1) is 6.20 Å². The van der Waals surface area contributed by atoms with E-state index in [0.717, 1.165) is 32.4 Å². The SMILES string of the molecule is CC(C)NCCCn1cc(S(=O)(=O)N(C)C2CC2)cn1. The number of rotatable bonds is 8. The van der Waals surface area contributed by atoms with Crippen molar-refractivity contribution in [2.45, 2.75) is 56.6 Å². The molecule has 0 atom stereocenters. The predicted molar refractivity (Wildman–Crippen MR) is 78.0 cm³/mol. The van der Waals surface area contributed by atoms with Gasteiger partial charge in [-0.25, -0.2) is 8.42 Å². The molecule has 114 valence electrons. The number of aromatic nitrogens is 2. The normalized spacial score (nSPS) is 16.2. The van der Waals surface area contributed by atoms with Gasteiger partial charge in [-0.05, 0) is 25.8 Å². The molecular weight excluding hydrogens is 276 g/mol. The molecule has 1 saturated carbocycles. The third-order valence-electron chi connectivity index (χ3n) is 3.46. The lowest BCUT2D eigenvalue weighted by Gasteiger charge is -2.14. The number of nitrogens with zero attached hydrogens (tertiary/aromatic N) is 3. The molecule has 1 heterocycles. The van der Waals surface area contributed by atoms with Gasteiger partial charge in [-0.15, -0.1) is 0 Å². The van der Waals surface area contributed by atoms with E-state index in [2.05, 4.69) is 24.3 Å². The first-order valence-corrected chi connectivity index (χ1v) is 8.59. The molecule has 0 aromatic carbocycles. The molecule has 1 aromatic heterocycles. The molecule has 0 unspecified atom stereocenters. The highest BCUT2D eigenvalue weighted by Gasteiger charge is 2.35. The van der Waals surface area contributed by atoms with Crippen molar-refractivity contribution < 1.29 is 8.42 Å². The number of hydrogen-bond donors (Lipinski definition) is 1. The van der Waals surface area contributed by atoms with Crippen molar-refractivity contribution in [2.24, 2.45) is 0 Å². The van der Waals surface area contributed by atoms with Crippen molar-refractivity contribution in [2.75, 3.05) is 13.6 Å². The maximum absolute atomic E-state index is 12.3. The van der Waals surface area contributed by atoms with Crippen LogP contribution < -0.4 is 5.32 Å². The van der Waals surface area contributed by atoms with Gasteiger partial charge in [-0.2, -0.15) is 9.40 Å². The zero-order valence-electron chi connectivity index (χ0n) is 12.4. The lowest BCUT2D eigenvalue weighted by atomic mass is 10.3. The van der Waals surface area contributed by atoms with E-state index in [4.69, 9.17) is 0 Å². The Labute approximate surface area is 121 Å². The van der Waals surface area contributed by atoms with Crippen LogP contribution in [0.1, 0.15) is 33.1 Å². The summed E-state index contributed by atoms with van der Waals surface area (Å²) < 4.78 is 27.8. The lowest BCUT2D eigenvalue weighted by Crippen LogP contribution is -2.28. The van der Waals surface area contributed by atoms with E-state index in [1.807, 2.05) is 0 Å². The van der Waals surface area contributed by atoms with Crippen LogP contribution in [0.15, 0.2) is 17.3 Å². The maximum Gasteiger partial charge on any atom is 0.246 e. The van der Waals surface area contributed by atoms with E-state index < -0.39 is 10.0 Å². The van der Waals surface area contributed by atoms with Crippen LogP contribution in [-0.4, -0.2) is 48.2 Å². The summed E-state index contributed by atoms with van der Waals surface area (Å²) in [5.74, 6) is 0. The fourth-order valence-electron chi connectivity index (χ4n) is 2.03. The molecule has 2 rings (SSSR count). The van der Waals surface area contributed by atoms with Crippen LogP contribution >= 0.6 is 0 Å². The van der Waals surface area contributed by atoms with Gasteiger partial charge in [-0.1, -0.05) is 13.8 Å². The summed E-state index contributed by atoms with van der Waals surface area (Å²) in [4.78, 5) is 0.295. The van der Waals surface area contributed by atoms with Gasteiger partial charge in [0.15, 0.2) is 0 Å². The second-order valence-corrected chi connectivity index (χ2v) is 7.65. The summed E-state index contributed by atoms with van der Waals surface area (Å²) in [6.45, 7) is 5.84. The maximum atomic E-state index is 12.3. The van der Waals surface area contributed by atoms with Crippen LogP contribution in [0.2, 0.25) is 0 Å². The molecule has 0 radical (unpaired) electrons. The van der Waals surface area contributed by atoms with Crippen LogP contribution in [0.25, 0.3) is 0 Å². The van der Waals surface area contributed by atoms with Gasteiger partial charge < -0.3 is 5.32 Å². The summed E-state index contributed by atoms with van der Waals surface area (Å²) >= 11 is 0. The molecule has 1 aliphatic carbocycles. The van der Waals surface area contributed by atoms with Gasteiger partial charge in [0.1, 0.15) is 4.90 Å². The van der Waals surface area contributed by atoms with Crippen LogP contribution in [-0.2, 0) is 16.6 Å². The molecule has 20 heavy (non-hydrogen) atoms. The summed E-state index contributed by atoms with van der Waals surface area (Å²) in [7, 11) is -1.71. The molecule has 1 aliphatic rings. The van der Waals surface area contributed by atoms with E-state index >= 15 is 0 Å². The molecule has 1 fully saturated rings. The zero-order chi connectivity index (χ0) is 14.8. The Bertz CT molecular complexity index is 534. The second-order valence-electron chi connectivity index (χ2n) is 5.65. The molecule has 0 bridgehead atoms. The summed E-state index contributed by atoms with van der Waals surface area (Å²) in [6, 6.07) is 0.648. The van der Waals surface area contributed by atoms with E-state index in [1.54, 1.807) is 17.9 Å². The Hall–Kier alpha value is -0.920. The molecule has 0 amide bonds. The van der Waals surface area contributed by atoms with Crippen molar-refractivity contribution in [1.82, 2.24) is 19.4 Å². The highest BCUT2D eigenvalue weighted by molar-refractivity contribution is 7.89. The average molecular weight is 300 g/mol. The number of hydrogen-bond acceptors (Lipinski definition) is 4. The Kier molecular flexibility index (Phi) is 4.82. The molecule has 7 heteroatoms. The molecular formula is C13H24N4O2S. The van der Waals surface area contributed by atoms with Gasteiger partial charge in [0.25, 0.3) is 0 Å². The molecule has 0 aliphatic heterocycles. The first-order chi connectivity index (χ1) is 9.41. The van der Waals surface area contributed by atoms with E-state index in [9.17, 15) is 8.42 Å². The van der Waals surface area contributed by atoms with Crippen molar-refractivity contribution in [1.29, 1.82) is 0 Å². The smallest absolute Gasteiger partial charge is 0.246 e. The van der Waals surface area contributed by atoms with Crippen LogP contribution in [0.5, 0.6) is 0 Å². The Morgan fingerprint density at radius 2 is 2.20 bits per heavy atom. The van der Waals surface area contributed by atoms with Crippen molar-refractivity contribution in [3.05, 3.63) is 12.4 Å². The zero-order valence-corrected chi connectivity index (χ0v) is 13.2. The molecule has 1 N–H and O–H groups in total. The number of nitrogens with one attached hydrogen (secondary N) is 1. The van der Waals surface area contributed by atoms with Gasteiger partial charge in [0, 0.05) is 31.9 Å². The Morgan fingerprint density at radius 1 is 1.50 bits per heavy atom. The van der Waals surface area contributed by atoms with E-state index in [1.165, 1.54) is 10.5 Å². The van der Waals surface area contributed by atoms with Gasteiger partial charge >= 0.3 is 0 Å². The number of aryl methyl sites for hydroxylation is 1. The molecule has 1 aromatic rings. The minimum absolute atomic E-state index is 0.179. The second kappa shape index (κ2) is 6.24. The van der Waals surface area contributed by atoms with Gasteiger partial charge in [0.2, 0.25) is 10.0 Å². The van der Waals surface area contributed by atoms with Gasteiger partial charge in [-0.3, -0.25) is 4.68 Å². The molecule has 0 saturated heterocycles. The average Bonchev–Trinajstić information content (AvgIpc) is 3.12. The van der Waals surface area contributed by atoms with Crippen LogP contribution in [0.3, 0.4) is 0 Å². The fraction of sp³-hybridized carbons (Fsp3) is 0.769. The Balaban J connectivity index is 1.91. The van der Waals surface area contributed by atoms with E-state index in [0.29, 0.717) is 10.9 Å². The third-order valence-corrected chi connectivity index (χ3v) is 5.33. The fourth-order valence-corrected chi connectivity index (χ4v) is 3.40. The quantitative estimate of drug-likeness (QED) is 0.729. The largest absolute Gasteiger partial charge is 0.314 e. The first-order valence-electron chi connectivity index (χ1n) is 7.15. The highest BCUT2D eigenvalue weighted by atomic mass is 32.2. The summed E-state index contributed by atoms with van der Waals surface area (Å²) in [5.41, 5.74) is 0. The first kappa shape index (κ1) is 15.5. The third kappa shape index (κ3) is 3.80. The minimum Gasteiger partial charge on any atom is -0.314 e. The van der Waals surface area contributed by atoms with Crippen molar-refractivity contribution in [3.63, 3.8) is 0 Å². The topological polar surface area (TPSA) is 67.2 Å².